The molecule has 0 fully saturated rings. The van der Waals surface area contributed by atoms with Crippen molar-refractivity contribution in [3.8, 4) is 5.75 Å². The van der Waals surface area contributed by atoms with Crippen LogP contribution in [0.3, 0.4) is 0 Å². The summed E-state index contributed by atoms with van der Waals surface area (Å²) in [5.74, 6) is -0.0372. The van der Waals surface area contributed by atoms with Crippen LogP contribution in [0.5, 0.6) is 5.75 Å². The van der Waals surface area contributed by atoms with Gasteiger partial charge in [-0.3, -0.25) is 9.59 Å². The van der Waals surface area contributed by atoms with Crippen molar-refractivity contribution in [2.24, 2.45) is 0 Å². The van der Waals surface area contributed by atoms with Crippen molar-refractivity contribution in [1.29, 1.82) is 0 Å². The zero-order valence-electron chi connectivity index (χ0n) is 18.6. The molecule has 0 radical (unpaired) electrons. The molecule has 0 bridgehead atoms. The van der Waals surface area contributed by atoms with Crippen LogP contribution in [-0.2, 0) is 28.7 Å². The summed E-state index contributed by atoms with van der Waals surface area (Å²) in [4.78, 5) is 24.9. The molecule has 3 rings (SSSR count). The third kappa shape index (κ3) is 7.09. The van der Waals surface area contributed by atoms with Crippen LogP contribution in [0, 0.1) is 0 Å². The number of hydrogen-bond acceptors (Lipinski definition) is 6. The Morgan fingerprint density at radius 3 is 2.60 bits per heavy atom. The number of hydrogen-bond donors (Lipinski definition) is 2. The zero-order chi connectivity index (χ0) is 25.4. The molecular formula is C23H22F3N5O3S. The summed E-state index contributed by atoms with van der Waals surface area (Å²) in [6.07, 6.45) is -3.17. The summed E-state index contributed by atoms with van der Waals surface area (Å²) in [5.41, 5.74) is -0.322. The largest absolute Gasteiger partial charge is 0.495 e. The first kappa shape index (κ1) is 25.8. The summed E-state index contributed by atoms with van der Waals surface area (Å²) in [7, 11) is 1.50. The molecule has 0 aliphatic heterocycles. The van der Waals surface area contributed by atoms with Gasteiger partial charge < -0.3 is 19.9 Å². The van der Waals surface area contributed by atoms with E-state index in [0.717, 1.165) is 23.9 Å². The molecule has 35 heavy (non-hydrogen) atoms. The Labute approximate surface area is 203 Å². The summed E-state index contributed by atoms with van der Waals surface area (Å²) < 4.78 is 45.5. The lowest BCUT2D eigenvalue weighted by molar-refractivity contribution is -0.137. The van der Waals surface area contributed by atoms with Crippen LogP contribution in [0.25, 0.3) is 0 Å². The van der Waals surface area contributed by atoms with E-state index in [1.165, 1.54) is 19.2 Å². The van der Waals surface area contributed by atoms with E-state index in [1.807, 2.05) is 0 Å². The van der Waals surface area contributed by atoms with Crippen LogP contribution in [0.1, 0.15) is 11.4 Å². The van der Waals surface area contributed by atoms with Crippen molar-refractivity contribution in [1.82, 2.24) is 14.8 Å². The number of aromatic nitrogens is 3. The third-order valence-electron chi connectivity index (χ3n) is 4.61. The lowest BCUT2D eigenvalue weighted by Crippen LogP contribution is -2.18. The molecule has 0 saturated heterocycles. The summed E-state index contributed by atoms with van der Waals surface area (Å²) in [5, 5.41) is 13.7. The molecule has 3 aromatic rings. The number of rotatable bonds is 10. The van der Waals surface area contributed by atoms with Gasteiger partial charge in [0.25, 0.3) is 0 Å². The van der Waals surface area contributed by atoms with Gasteiger partial charge in [-0.15, -0.1) is 16.8 Å². The number of ether oxygens (including phenoxy) is 1. The minimum Gasteiger partial charge on any atom is -0.495 e. The molecule has 184 valence electrons. The molecule has 0 saturated carbocycles. The molecule has 2 amide bonds. The number of allylic oxidation sites excluding steroid dienone is 1. The Morgan fingerprint density at radius 1 is 1.11 bits per heavy atom. The maximum Gasteiger partial charge on any atom is 0.416 e. The van der Waals surface area contributed by atoms with Crippen LogP contribution >= 0.6 is 11.8 Å². The second-order valence-electron chi connectivity index (χ2n) is 7.14. The number of carbonyl (C=O) groups excluding carboxylic acids is 2. The summed E-state index contributed by atoms with van der Waals surface area (Å²) in [6.45, 7) is 3.96. The second kappa shape index (κ2) is 11.6. The fourth-order valence-corrected chi connectivity index (χ4v) is 3.82. The number of para-hydroxylation sites is 2. The number of nitrogens with zero attached hydrogens (tertiary/aromatic N) is 3. The molecule has 1 aromatic heterocycles. The van der Waals surface area contributed by atoms with Crippen LogP contribution in [-0.4, -0.2) is 39.4 Å². The Bertz CT molecular complexity index is 1210. The third-order valence-corrected chi connectivity index (χ3v) is 5.58. The minimum absolute atomic E-state index is 0.0159. The maximum absolute atomic E-state index is 12.9. The van der Waals surface area contributed by atoms with E-state index < -0.39 is 17.6 Å². The number of alkyl halides is 3. The highest BCUT2D eigenvalue weighted by Crippen LogP contribution is 2.30. The van der Waals surface area contributed by atoms with Gasteiger partial charge in [0.15, 0.2) is 5.16 Å². The maximum atomic E-state index is 12.9. The molecule has 0 unspecified atom stereocenters. The Morgan fingerprint density at radius 2 is 1.89 bits per heavy atom. The zero-order valence-corrected chi connectivity index (χ0v) is 19.4. The fourth-order valence-electron chi connectivity index (χ4n) is 3.06. The van der Waals surface area contributed by atoms with Crippen LogP contribution in [0.2, 0.25) is 0 Å². The van der Waals surface area contributed by atoms with E-state index in [4.69, 9.17) is 4.74 Å². The molecular weight excluding hydrogens is 483 g/mol. The van der Waals surface area contributed by atoms with Gasteiger partial charge in [-0.25, -0.2) is 0 Å². The van der Waals surface area contributed by atoms with Gasteiger partial charge in [-0.05, 0) is 30.3 Å². The van der Waals surface area contributed by atoms with E-state index in [2.05, 4.69) is 27.4 Å². The molecule has 2 aromatic carbocycles. The van der Waals surface area contributed by atoms with E-state index in [-0.39, 0.29) is 36.1 Å². The molecule has 0 aliphatic carbocycles. The number of thioether (sulfide) groups is 1. The first-order valence-electron chi connectivity index (χ1n) is 10.3. The van der Waals surface area contributed by atoms with Crippen molar-refractivity contribution in [3.63, 3.8) is 0 Å². The number of anilines is 2. The molecule has 0 aliphatic rings. The number of benzene rings is 2. The highest BCUT2D eigenvalue weighted by atomic mass is 32.2. The predicted octanol–water partition coefficient (Wildman–Crippen LogP) is 4.40. The van der Waals surface area contributed by atoms with Crippen molar-refractivity contribution in [2.45, 2.75) is 24.3 Å². The van der Waals surface area contributed by atoms with Crippen LogP contribution < -0.4 is 15.4 Å². The molecule has 12 heteroatoms. The second-order valence-corrected chi connectivity index (χ2v) is 8.08. The lowest BCUT2D eigenvalue weighted by Gasteiger charge is -2.11. The van der Waals surface area contributed by atoms with Gasteiger partial charge in [-0.2, -0.15) is 13.2 Å². The summed E-state index contributed by atoms with van der Waals surface area (Å²) in [6, 6.07) is 11.3. The number of nitrogens with one attached hydrogen (secondary N) is 2. The van der Waals surface area contributed by atoms with Crippen molar-refractivity contribution in [2.75, 3.05) is 23.5 Å². The van der Waals surface area contributed by atoms with Crippen LogP contribution in [0.15, 0.2) is 66.3 Å². The predicted molar refractivity (Wildman–Crippen MR) is 126 cm³/mol. The number of amides is 2. The summed E-state index contributed by atoms with van der Waals surface area (Å²) >= 11 is 1.12. The number of methoxy groups -OCH3 is 1. The van der Waals surface area contributed by atoms with E-state index >= 15 is 0 Å². The Balaban J connectivity index is 1.64. The number of halogens is 3. The minimum atomic E-state index is -4.52. The van der Waals surface area contributed by atoms with Crippen molar-refractivity contribution >= 4 is 35.0 Å². The van der Waals surface area contributed by atoms with Crippen molar-refractivity contribution < 1.29 is 27.5 Å². The SMILES string of the molecule is C=CCn1c(CC(=O)Nc2cccc(C(F)(F)F)c2)nnc1SCC(=O)Nc1ccccc1OC. The molecule has 0 atom stereocenters. The first-order valence-corrected chi connectivity index (χ1v) is 11.3. The molecule has 8 nitrogen and oxygen atoms in total. The van der Waals surface area contributed by atoms with E-state index in [1.54, 1.807) is 34.9 Å². The highest BCUT2D eigenvalue weighted by molar-refractivity contribution is 7.99. The molecule has 2 N–H and O–H groups in total. The van der Waals surface area contributed by atoms with Gasteiger partial charge in [0.1, 0.15) is 11.6 Å². The Hall–Kier alpha value is -3.80. The van der Waals surface area contributed by atoms with Crippen LogP contribution in [0.4, 0.5) is 24.5 Å². The standard InChI is InChI=1S/C23H22F3N5O3S/c1-3-11-31-19(13-20(32)27-16-8-6-7-15(12-16)23(24,25)26)29-30-22(31)35-14-21(33)28-17-9-4-5-10-18(17)34-2/h3-10,12H,1,11,13-14H2,2H3,(H,27,32)(H,28,33). The monoisotopic (exact) mass is 505 g/mol. The van der Waals surface area contributed by atoms with E-state index in [9.17, 15) is 22.8 Å². The smallest absolute Gasteiger partial charge is 0.416 e. The van der Waals surface area contributed by atoms with Gasteiger partial charge >= 0.3 is 6.18 Å². The van der Waals surface area contributed by atoms with Crippen molar-refractivity contribution in [3.05, 3.63) is 72.6 Å². The fraction of sp³-hybridized carbons (Fsp3) is 0.217. The highest BCUT2D eigenvalue weighted by Gasteiger charge is 2.30. The Kier molecular flexibility index (Phi) is 8.53. The quantitative estimate of drug-likeness (QED) is 0.313. The number of carbonyl (C=O) groups is 2. The topological polar surface area (TPSA) is 98.1 Å². The average molecular weight is 506 g/mol. The normalized spacial score (nSPS) is 11.1. The first-order chi connectivity index (χ1) is 16.7. The van der Waals surface area contributed by atoms with Gasteiger partial charge in [0.2, 0.25) is 11.8 Å². The van der Waals surface area contributed by atoms with E-state index in [0.29, 0.717) is 16.6 Å². The lowest BCUT2D eigenvalue weighted by atomic mass is 10.2. The van der Waals surface area contributed by atoms with Gasteiger partial charge in [-0.1, -0.05) is 36.0 Å². The van der Waals surface area contributed by atoms with Gasteiger partial charge in [0.05, 0.1) is 30.5 Å². The average Bonchev–Trinajstić information content (AvgIpc) is 3.19. The molecule has 1 heterocycles. The van der Waals surface area contributed by atoms with Gasteiger partial charge in [0, 0.05) is 12.2 Å². The molecule has 0 spiro atoms.